The zero-order valence-electron chi connectivity index (χ0n) is 7.81. The van der Waals surface area contributed by atoms with Crippen molar-refractivity contribution in [3.8, 4) is 0 Å². The summed E-state index contributed by atoms with van der Waals surface area (Å²) in [6.45, 7) is 3.82. The second-order valence-electron chi connectivity index (χ2n) is 3.45. The van der Waals surface area contributed by atoms with Gasteiger partial charge >= 0.3 is 0 Å². The Labute approximate surface area is 79.0 Å². The molecule has 0 aliphatic heterocycles. The average Bonchev–Trinajstić information content (AvgIpc) is 2.92. The summed E-state index contributed by atoms with van der Waals surface area (Å²) >= 11 is 0. The molecule has 3 atom stereocenters. The van der Waals surface area contributed by atoms with E-state index in [-0.39, 0.29) is 0 Å². The first-order valence-electron chi connectivity index (χ1n) is 4.58. The summed E-state index contributed by atoms with van der Waals surface area (Å²) < 4.78 is 5.36. The van der Waals surface area contributed by atoms with Crippen LogP contribution < -0.4 is 0 Å². The quantitative estimate of drug-likeness (QED) is 0.640. The van der Waals surface area contributed by atoms with Crippen LogP contribution in [0, 0.1) is 5.92 Å². The topological polar surface area (TPSA) is 9.23 Å². The van der Waals surface area contributed by atoms with Crippen molar-refractivity contribution in [2.45, 2.75) is 12.0 Å². The maximum absolute atomic E-state index is 5.36. The fraction of sp³-hybridized carbons (Fsp3) is 0.333. The van der Waals surface area contributed by atoms with Crippen molar-refractivity contribution in [1.82, 2.24) is 0 Å². The summed E-state index contributed by atoms with van der Waals surface area (Å²) in [6.07, 6.45) is 2.34. The normalized spacial score (nSPS) is 31.3. The molecule has 0 heterocycles. The van der Waals surface area contributed by atoms with Crippen LogP contribution in [0.3, 0.4) is 0 Å². The maximum atomic E-state index is 5.36. The third-order valence-electron chi connectivity index (χ3n) is 2.74. The highest BCUT2D eigenvalue weighted by Crippen LogP contribution is 2.50. The molecule has 1 aromatic rings. The van der Waals surface area contributed by atoms with Crippen LogP contribution in [0.5, 0.6) is 0 Å². The number of hydrogen-bond acceptors (Lipinski definition) is 1. The summed E-state index contributed by atoms with van der Waals surface area (Å²) in [4.78, 5) is 0. The molecule has 0 N–H and O–H groups in total. The predicted octanol–water partition coefficient (Wildman–Crippen LogP) is 2.60. The van der Waals surface area contributed by atoms with Gasteiger partial charge in [0.05, 0.1) is 6.10 Å². The van der Waals surface area contributed by atoms with Crippen LogP contribution in [0.2, 0.25) is 0 Å². The van der Waals surface area contributed by atoms with Crippen LogP contribution in [0.1, 0.15) is 11.5 Å². The van der Waals surface area contributed by atoms with Crippen LogP contribution in [0.4, 0.5) is 0 Å². The lowest BCUT2D eigenvalue weighted by Gasteiger charge is -1.96. The van der Waals surface area contributed by atoms with E-state index < -0.39 is 0 Å². The number of rotatable bonds is 3. The van der Waals surface area contributed by atoms with E-state index in [1.54, 1.807) is 7.11 Å². The van der Waals surface area contributed by atoms with Gasteiger partial charge in [0.2, 0.25) is 0 Å². The second-order valence-corrected chi connectivity index (χ2v) is 3.45. The van der Waals surface area contributed by atoms with Crippen molar-refractivity contribution in [1.29, 1.82) is 0 Å². The van der Waals surface area contributed by atoms with Crippen LogP contribution >= 0.6 is 0 Å². The Hall–Kier alpha value is -1.08. The number of ether oxygens (including phenoxy) is 1. The van der Waals surface area contributed by atoms with Crippen molar-refractivity contribution >= 4 is 0 Å². The molecule has 0 spiro atoms. The monoisotopic (exact) mass is 174 g/mol. The van der Waals surface area contributed by atoms with E-state index in [9.17, 15) is 0 Å². The Morgan fingerprint density at radius 2 is 2.00 bits per heavy atom. The number of hydrogen-bond donors (Lipinski definition) is 0. The predicted molar refractivity (Wildman–Crippen MR) is 53.7 cm³/mol. The van der Waals surface area contributed by atoms with E-state index in [1.165, 1.54) is 5.56 Å². The minimum Gasteiger partial charge on any atom is -0.380 e. The first kappa shape index (κ1) is 8.52. The molecule has 0 aromatic heterocycles. The van der Waals surface area contributed by atoms with Crippen LogP contribution in [0.15, 0.2) is 43.0 Å². The molecule has 1 saturated carbocycles. The third-order valence-corrected chi connectivity index (χ3v) is 2.74. The molecule has 0 radical (unpaired) electrons. The highest BCUT2D eigenvalue weighted by Gasteiger charge is 2.49. The Bertz CT molecular complexity index is 291. The highest BCUT2D eigenvalue weighted by molar-refractivity contribution is 5.32. The lowest BCUT2D eigenvalue weighted by Crippen LogP contribution is -1.90. The summed E-state index contributed by atoms with van der Waals surface area (Å²) in [6, 6.07) is 10.5. The van der Waals surface area contributed by atoms with Crippen molar-refractivity contribution in [2.24, 2.45) is 5.92 Å². The molecule has 1 aliphatic carbocycles. The van der Waals surface area contributed by atoms with Gasteiger partial charge in [-0.15, -0.1) is 6.58 Å². The van der Waals surface area contributed by atoms with E-state index in [4.69, 9.17) is 4.74 Å². The van der Waals surface area contributed by atoms with Gasteiger partial charge in [0.1, 0.15) is 0 Å². The molecule has 1 aliphatic rings. The highest BCUT2D eigenvalue weighted by atomic mass is 16.5. The first-order chi connectivity index (χ1) is 6.38. The minimum atomic E-state index is 0.347. The largest absolute Gasteiger partial charge is 0.380 e. The molecule has 13 heavy (non-hydrogen) atoms. The zero-order valence-corrected chi connectivity index (χ0v) is 7.81. The molecule has 0 bridgehead atoms. The average molecular weight is 174 g/mol. The van der Waals surface area contributed by atoms with E-state index in [1.807, 2.05) is 12.1 Å². The summed E-state index contributed by atoms with van der Waals surface area (Å²) in [5.74, 6) is 1.04. The fourth-order valence-electron chi connectivity index (χ4n) is 1.98. The molecule has 0 amide bonds. The molecule has 2 rings (SSSR count). The van der Waals surface area contributed by atoms with Gasteiger partial charge in [-0.25, -0.2) is 0 Å². The Kier molecular flexibility index (Phi) is 2.19. The standard InChI is InChI=1S/C12H14O/c1-3-10-11(12(10)13-2)9-7-5-4-6-8-9/h3-8,10-12H,1H2,2H3/t10-,11-,12+/m0/s1. The summed E-state index contributed by atoms with van der Waals surface area (Å²) in [5, 5.41) is 0. The molecule has 0 unspecified atom stereocenters. The lowest BCUT2D eigenvalue weighted by atomic mass is 10.1. The van der Waals surface area contributed by atoms with E-state index in [0.717, 1.165) is 0 Å². The van der Waals surface area contributed by atoms with Gasteiger partial charge in [-0.2, -0.15) is 0 Å². The maximum Gasteiger partial charge on any atom is 0.0715 e. The van der Waals surface area contributed by atoms with Crippen LogP contribution in [-0.4, -0.2) is 13.2 Å². The van der Waals surface area contributed by atoms with Gasteiger partial charge in [0.25, 0.3) is 0 Å². The smallest absolute Gasteiger partial charge is 0.0715 e. The molecular formula is C12H14O. The van der Waals surface area contributed by atoms with Crippen molar-refractivity contribution in [3.05, 3.63) is 48.6 Å². The minimum absolute atomic E-state index is 0.347. The number of benzene rings is 1. The summed E-state index contributed by atoms with van der Waals surface area (Å²) in [5.41, 5.74) is 1.36. The number of methoxy groups -OCH3 is 1. The van der Waals surface area contributed by atoms with Gasteiger partial charge < -0.3 is 4.74 Å². The lowest BCUT2D eigenvalue weighted by molar-refractivity contribution is 0.171. The van der Waals surface area contributed by atoms with Crippen molar-refractivity contribution in [3.63, 3.8) is 0 Å². The van der Waals surface area contributed by atoms with Gasteiger partial charge in [-0.3, -0.25) is 0 Å². The van der Waals surface area contributed by atoms with E-state index in [0.29, 0.717) is 17.9 Å². The second kappa shape index (κ2) is 3.35. The summed E-state index contributed by atoms with van der Waals surface area (Å²) in [7, 11) is 1.77. The Morgan fingerprint density at radius 1 is 1.31 bits per heavy atom. The van der Waals surface area contributed by atoms with E-state index in [2.05, 4.69) is 30.8 Å². The van der Waals surface area contributed by atoms with E-state index >= 15 is 0 Å². The van der Waals surface area contributed by atoms with Crippen LogP contribution in [0.25, 0.3) is 0 Å². The molecule has 68 valence electrons. The SMILES string of the molecule is C=C[C@@H]1[C@@H](OC)[C@H]1c1ccccc1. The molecule has 0 saturated heterocycles. The van der Waals surface area contributed by atoms with Crippen molar-refractivity contribution in [2.75, 3.05) is 7.11 Å². The molecule has 1 aromatic carbocycles. The van der Waals surface area contributed by atoms with Gasteiger partial charge in [-0.1, -0.05) is 36.4 Å². The molecule has 1 fully saturated rings. The molecular weight excluding hydrogens is 160 g/mol. The molecule has 1 nitrogen and oxygen atoms in total. The third kappa shape index (κ3) is 1.40. The van der Waals surface area contributed by atoms with Crippen molar-refractivity contribution < 1.29 is 4.74 Å². The Morgan fingerprint density at radius 3 is 2.46 bits per heavy atom. The first-order valence-corrected chi connectivity index (χ1v) is 4.58. The van der Waals surface area contributed by atoms with Gasteiger partial charge in [-0.05, 0) is 5.56 Å². The van der Waals surface area contributed by atoms with Gasteiger partial charge in [0.15, 0.2) is 0 Å². The molecule has 1 heteroatoms. The zero-order chi connectivity index (χ0) is 9.26. The van der Waals surface area contributed by atoms with Crippen LogP contribution in [-0.2, 0) is 4.74 Å². The fourth-order valence-corrected chi connectivity index (χ4v) is 1.98. The van der Waals surface area contributed by atoms with Gasteiger partial charge in [0, 0.05) is 18.9 Å². The Balaban J connectivity index is 2.16.